The fourth-order valence-electron chi connectivity index (χ4n) is 4.12. The average Bonchev–Trinajstić information content (AvgIpc) is 3.53. The number of nitrogens with zero attached hydrogens (tertiary/aromatic N) is 4. The van der Waals surface area contributed by atoms with Crippen LogP contribution < -0.4 is 9.47 Å². The number of rotatable bonds is 5. The van der Waals surface area contributed by atoms with E-state index in [9.17, 15) is 0 Å². The molecule has 1 aromatic carbocycles. The van der Waals surface area contributed by atoms with Crippen LogP contribution in [0.2, 0.25) is 0 Å². The molecule has 0 saturated carbocycles. The van der Waals surface area contributed by atoms with Crippen LogP contribution in [0.25, 0.3) is 27.4 Å². The van der Waals surface area contributed by atoms with Crippen LogP contribution in [-0.4, -0.2) is 26.7 Å². The van der Waals surface area contributed by atoms with Gasteiger partial charge in [0.2, 0.25) is 5.82 Å². The summed E-state index contributed by atoms with van der Waals surface area (Å²) in [5.74, 6) is 3.21. The minimum Gasteiger partial charge on any atom is -0.493 e. The highest BCUT2D eigenvalue weighted by atomic mass is 32.1. The maximum Gasteiger partial charge on any atom is 0.217 e. The van der Waals surface area contributed by atoms with Gasteiger partial charge in [0.1, 0.15) is 23.5 Å². The standard InChI is InChI=1S/C23H20N4O3S/c1-28-16-7-3-4-8-17(16)29-12-14-10-11-18(30-14)21-25-22-20-15-6-2-5-9-19(15)31-23(20)24-13-27(22)26-21/h3-4,7-8,10-11,13H,2,5-6,9,12H2,1H3. The van der Waals surface area contributed by atoms with Crippen molar-refractivity contribution in [2.75, 3.05) is 7.11 Å². The highest BCUT2D eigenvalue weighted by Gasteiger charge is 2.21. The molecule has 0 aliphatic heterocycles. The zero-order chi connectivity index (χ0) is 20.8. The molecule has 0 radical (unpaired) electrons. The van der Waals surface area contributed by atoms with Crippen molar-refractivity contribution < 1.29 is 13.9 Å². The number of hydrogen-bond acceptors (Lipinski definition) is 7. The van der Waals surface area contributed by atoms with Crippen LogP contribution in [0.3, 0.4) is 0 Å². The fourth-order valence-corrected chi connectivity index (χ4v) is 5.34. The first-order valence-corrected chi connectivity index (χ1v) is 11.1. The molecule has 0 atom stereocenters. The maximum absolute atomic E-state index is 5.98. The first kappa shape index (κ1) is 18.4. The van der Waals surface area contributed by atoms with Gasteiger partial charge in [0.15, 0.2) is 22.9 Å². The molecule has 0 unspecified atom stereocenters. The van der Waals surface area contributed by atoms with Gasteiger partial charge in [0.05, 0.1) is 12.5 Å². The molecule has 1 aliphatic rings. The third kappa shape index (κ3) is 3.14. The van der Waals surface area contributed by atoms with E-state index in [0.717, 1.165) is 28.7 Å². The van der Waals surface area contributed by atoms with Crippen molar-refractivity contribution in [3.8, 4) is 23.1 Å². The second-order valence-electron chi connectivity index (χ2n) is 7.54. The quantitative estimate of drug-likeness (QED) is 0.386. The number of thiophene rings is 1. The number of aryl methyl sites for hydroxylation is 2. The summed E-state index contributed by atoms with van der Waals surface area (Å²) >= 11 is 1.79. The minimum absolute atomic E-state index is 0.289. The Morgan fingerprint density at radius 2 is 1.97 bits per heavy atom. The zero-order valence-electron chi connectivity index (χ0n) is 17.0. The molecule has 0 N–H and O–H groups in total. The summed E-state index contributed by atoms with van der Waals surface area (Å²) < 4.78 is 18.9. The number of para-hydroxylation sites is 2. The van der Waals surface area contributed by atoms with Crippen molar-refractivity contribution in [1.29, 1.82) is 0 Å². The third-order valence-electron chi connectivity index (χ3n) is 5.61. The van der Waals surface area contributed by atoms with Gasteiger partial charge < -0.3 is 13.9 Å². The fraction of sp³-hybridized carbons (Fsp3) is 0.261. The molecular weight excluding hydrogens is 412 g/mol. The lowest BCUT2D eigenvalue weighted by Gasteiger charge is -2.09. The number of hydrogen-bond donors (Lipinski definition) is 0. The molecule has 4 heterocycles. The predicted octanol–water partition coefficient (Wildman–Crippen LogP) is 5.07. The van der Waals surface area contributed by atoms with Crippen LogP contribution in [0, 0.1) is 0 Å². The minimum atomic E-state index is 0.289. The number of benzene rings is 1. The third-order valence-corrected chi connectivity index (χ3v) is 6.81. The van der Waals surface area contributed by atoms with E-state index >= 15 is 0 Å². The van der Waals surface area contributed by atoms with Crippen LogP contribution in [0.1, 0.15) is 29.0 Å². The molecule has 156 valence electrons. The first-order chi connectivity index (χ1) is 15.3. The Hall–Kier alpha value is -3.39. The van der Waals surface area contributed by atoms with Crippen molar-refractivity contribution in [3.63, 3.8) is 0 Å². The Morgan fingerprint density at radius 3 is 2.87 bits per heavy atom. The van der Waals surface area contributed by atoms with Crippen LogP contribution in [0.5, 0.6) is 11.5 Å². The number of methoxy groups -OCH3 is 1. The maximum atomic E-state index is 5.98. The van der Waals surface area contributed by atoms with Gasteiger partial charge in [0.25, 0.3) is 0 Å². The Labute approximate surface area is 182 Å². The van der Waals surface area contributed by atoms with E-state index in [-0.39, 0.29) is 6.61 Å². The van der Waals surface area contributed by atoms with Gasteiger partial charge in [0, 0.05) is 4.88 Å². The summed E-state index contributed by atoms with van der Waals surface area (Å²) in [6, 6.07) is 11.3. The summed E-state index contributed by atoms with van der Waals surface area (Å²) in [5, 5.41) is 5.76. The molecule has 5 aromatic rings. The summed E-state index contributed by atoms with van der Waals surface area (Å²) in [4.78, 5) is 11.9. The second kappa shape index (κ2) is 7.39. The molecule has 0 spiro atoms. The first-order valence-electron chi connectivity index (χ1n) is 10.3. The second-order valence-corrected chi connectivity index (χ2v) is 8.63. The molecule has 6 rings (SSSR count). The molecule has 31 heavy (non-hydrogen) atoms. The van der Waals surface area contributed by atoms with Gasteiger partial charge in [-0.15, -0.1) is 16.4 Å². The topological polar surface area (TPSA) is 74.7 Å². The van der Waals surface area contributed by atoms with Gasteiger partial charge in [-0.2, -0.15) is 0 Å². The lowest BCUT2D eigenvalue weighted by Crippen LogP contribution is -1.99. The number of aromatic nitrogens is 4. The van der Waals surface area contributed by atoms with Crippen molar-refractivity contribution in [2.45, 2.75) is 32.3 Å². The summed E-state index contributed by atoms with van der Waals surface area (Å²) in [6.07, 6.45) is 6.43. The molecular formula is C23H20N4O3S. The van der Waals surface area contributed by atoms with Gasteiger partial charge in [-0.05, 0) is 55.5 Å². The van der Waals surface area contributed by atoms with Crippen LogP contribution in [0.4, 0.5) is 0 Å². The molecule has 0 saturated heterocycles. The van der Waals surface area contributed by atoms with E-state index in [4.69, 9.17) is 18.9 Å². The molecule has 8 heteroatoms. The number of fused-ring (bicyclic) bond motifs is 5. The number of furan rings is 1. The monoisotopic (exact) mass is 432 g/mol. The van der Waals surface area contributed by atoms with E-state index in [2.05, 4.69) is 10.1 Å². The zero-order valence-corrected chi connectivity index (χ0v) is 17.8. The van der Waals surface area contributed by atoms with E-state index in [0.29, 0.717) is 28.8 Å². The van der Waals surface area contributed by atoms with E-state index in [1.165, 1.54) is 23.3 Å². The van der Waals surface area contributed by atoms with Crippen molar-refractivity contribution in [1.82, 2.24) is 19.6 Å². The molecule has 0 amide bonds. The predicted molar refractivity (Wildman–Crippen MR) is 118 cm³/mol. The SMILES string of the molecule is COc1ccccc1OCc1ccc(-c2nc3c4c5c(sc4ncn3n2)CCCC5)o1. The van der Waals surface area contributed by atoms with Crippen LogP contribution >= 0.6 is 11.3 Å². The van der Waals surface area contributed by atoms with Gasteiger partial charge in [-0.25, -0.2) is 14.5 Å². The van der Waals surface area contributed by atoms with Crippen LogP contribution in [0.15, 0.2) is 47.1 Å². The summed E-state index contributed by atoms with van der Waals surface area (Å²) in [7, 11) is 1.62. The Morgan fingerprint density at radius 1 is 1.10 bits per heavy atom. The smallest absolute Gasteiger partial charge is 0.217 e. The molecule has 0 fully saturated rings. The molecule has 4 aromatic heterocycles. The Bertz CT molecular complexity index is 1400. The highest BCUT2D eigenvalue weighted by molar-refractivity contribution is 7.19. The summed E-state index contributed by atoms with van der Waals surface area (Å²) in [5.41, 5.74) is 2.25. The van der Waals surface area contributed by atoms with E-state index in [1.807, 2.05) is 36.4 Å². The van der Waals surface area contributed by atoms with Gasteiger partial charge in [-0.1, -0.05) is 12.1 Å². The lowest BCUT2D eigenvalue weighted by atomic mass is 9.97. The number of ether oxygens (including phenoxy) is 2. The molecule has 7 nitrogen and oxygen atoms in total. The summed E-state index contributed by atoms with van der Waals surface area (Å²) in [6.45, 7) is 0.289. The largest absolute Gasteiger partial charge is 0.493 e. The van der Waals surface area contributed by atoms with E-state index < -0.39 is 0 Å². The van der Waals surface area contributed by atoms with Crippen molar-refractivity contribution in [3.05, 3.63) is 58.9 Å². The van der Waals surface area contributed by atoms with Crippen LogP contribution in [-0.2, 0) is 19.4 Å². The highest BCUT2D eigenvalue weighted by Crippen LogP contribution is 2.37. The van der Waals surface area contributed by atoms with Gasteiger partial charge in [-0.3, -0.25) is 0 Å². The van der Waals surface area contributed by atoms with Crippen molar-refractivity contribution in [2.24, 2.45) is 0 Å². The lowest BCUT2D eigenvalue weighted by molar-refractivity contribution is 0.257. The van der Waals surface area contributed by atoms with E-state index in [1.54, 1.807) is 29.3 Å². The molecule has 1 aliphatic carbocycles. The Balaban J connectivity index is 1.31. The Kier molecular flexibility index (Phi) is 4.38. The average molecular weight is 433 g/mol. The normalized spacial score (nSPS) is 13.6. The van der Waals surface area contributed by atoms with Crippen molar-refractivity contribution >= 4 is 27.2 Å². The molecule has 0 bridgehead atoms. The van der Waals surface area contributed by atoms with Gasteiger partial charge >= 0.3 is 0 Å².